The SMILES string of the molecule is C[C@@H](OC(=O)Cc1ccsc1)C(=O)Nc1ccc(Oc2ccccc2)cc1. The van der Waals surface area contributed by atoms with E-state index < -0.39 is 12.1 Å². The predicted octanol–water partition coefficient (Wildman–Crippen LogP) is 4.65. The number of hydrogen-bond donors (Lipinski definition) is 1. The van der Waals surface area contributed by atoms with E-state index in [-0.39, 0.29) is 12.3 Å². The molecule has 0 unspecified atom stereocenters. The number of hydrogen-bond acceptors (Lipinski definition) is 5. The molecule has 0 saturated heterocycles. The fourth-order valence-corrected chi connectivity index (χ4v) is 3.00. The molecule has 0 radical (unpaired) electrons. The van der Waals surface area contributed by atoms with Gasteiger partial charge >= 0.3 is 5.97 Å². The van der Waals surface area contributed by atoms with Crippen LogP contribution in [0.5, 0.6) is 11.5 Å². The molecule has 0 aliphatic carbocycles. The zero-order valence-corrected chi connectivity index (χ0v) is 15.6. The summed E-state index contributed by atoms with van der Waals surface area (Å²) in [6.07, 6.45) is -0.719. The highest BCUT2D eigenvalue weighted by atomic mass is 32.1. The standard InChI is InChI=1S/C21H19NO4S/c1-15(25-20(23)13-16-11-12-27-14-16)21(24)22-17-7-9-19(10-8-17)26-18-5-3-2-4-6-18/h2-12,14-15H,13H2,1H3,(H,22,24)/t15-/m1/s1. The molecule has 6 heteroatoms. The van der Waals surface area contributed by atoms with E-state index in [1.54, 1.807) is 31.2 Å². The first kappa shape index (κ1) is 18.7. The van der Waals surface area contributed by atoms with E-state index in [1.807, 2.05) is 47.2 Å². The first-order chi connectivity index (χ1) is 13.1. The summed E-state index contributed by atoms with van der Waals surface area (Å²) in [5, 5.41) is 6.50. The van der Waals surface area contributed by atoms with E-state index in [2.05, 4.69) is 5.32 Å². The van der Waals surface area contributed by atoms with Crippen molar-refractivity contribution in [3.05, 3.63) is 77.0 Å². The van der Waals surface area contributed by atoms with E-state index in [9.17, 15) is 9.59 Å². The second kappa shape index (κ2) is 9.00. The molecule has 1 amide bonds. The first-order valence-corrected chi connectivity index (χ1v) is 9.39. The summed E-state index contributed by atoms with van der Waals surface area (Å²) in [5.41, 5.74) is 1.48. The second-order valence-electron chi connectivity index (χ2n) is 5.87. The van der Waals surface area contributed by atoms with E-state index >= 15 is 0 Å². The minimum atomic E-state index is -0.878. The monoisotopic (exact) mass is 381 g/mol. The van der Waals surface area contributed by atoms with Gasteiger partial charge in [0.1, 0.15) is 11.5 Å². The van der Waals surface area contributed by atoms with Gasteiger partial charge in [0, 0.05) is 5.69 Å². The fourth-order valence-electron chi connectivity index (χ4n) is 2.33. The average Bonchev–Trinajstić information content (AvgIpc) is 3.17. The molecule has 27 heavy (non-hydrogen) atoms. The van der Waals surface area contributed by atoms with Crippen LogP contribution in [-0.2, 0) is 20.7 Å². The number of rotatable bonds is 7. The van der Waals surface area contributed by atoms with Crippen LogP contribution >= 0.6 is 11.3 Å². The summed E-state index contributed by atoms with van der Waals surface area (Å²) in [7, 11) is 0. The van der Waals surface area contributed by atoms with Crippen molar-refractivity contribution in [3.8, 4) is 11.5 Å². The van der Waals surface area contributed by atoms with Crippen molar-refractivity contribution >= 4 is 28.9 Å². The van der Waals surface area contributed by atoms with Crippen molar-refractivity contribution in [2.75, 3.05) is 5.32 Å². The second-order valence-corrected chi connectivity index (χ2v) is 6.65. The Hall–Kier alpha value is -3.12. The molecule has 1 heterocycles. The topological polar surface area (TPSA) is 64.6 Å². The predicted molar refractivity (Wildman–Crippen MR) is 105 cm³/mol. The lowest BCUT2D eigenvalue weighted by Gasteiger charge is -2.13. The van der Waals surface area contributed by atoms with Crippen LogP contribution in [0.2, 0.25) is 0 Å². The van der Waals surface area contributed by atoms with E-state index in [1.165, 1.54) is 11.3 Å². The van der Waals surface area contributed by atoms with Crippen LogP contribution in [-0.4, -0.2) is 18.0 Å². The van der Waals surface area contributed by atoms with Crippen LogP contribution in [0.15, 0.2) is 71.4 Å². The molecule has 3 aromatic rings. The van der Waals surface area contributed by atoms with Crippen molar-refractivity contribution in [1.82, 2.24) is 0 Å². The number of carbonyl (C=O) groups excluding carboxylic acids is 2. The highest BCUT2D eigenvalue weighted by molar-refractivity contribution is 7.08. The Labute approximate surface area is 161 Å². The molecule has 1 N–H and O–H groups in total. The molecule has 1 aromatic heterocycles. The maximum absolute atomic E-state index is 12.2. The molecule has 2 aromatic carbocycles. The fraction of sp³-hybridized carbons (Fsp3) is 0.143. The van der Waals surface area contributed by atoms with Gasteiger partial charge in [-0.3, -0.25) is 9.59 Å². The number of ether oxygens (including phenoxy) is 2. The van der Waals surface area contributed by atoms with Gasteiger partial charge < -0.3 is 14.8 Å². The summed E-state index contributed by atoms with van der Waals surface area (Å²) in [5.74, 6) is 0.586. The van der Waals surface area contributed by atoms with Gasteiger partial charge in [-0.1, -0.05) is 18.2 Å². The van der Waals surface area contributed by atoms with Crippen molar-refractivity contribution < 1.29 is 19.1 Å². The molecule has 0 aliphatic heterocycles. The Bertz CT molecular complexity index is 876. The summed E-state index contributed by atoms with van der Waals surface area (Å²) in [4.78, 5) is 24.1. The summed E-state index contributed by atoms with van der Waals surface area (Å²) >= 11 is 1.51. The van der Waals surface area contributed by atoms with E-state index in [4.69, 9.17) is 9.47 Å². The largest absolute Gasteiger partial charge is 0.457 e. The van der Waals surface area contributed by atoms with Crippen molar-refractivity contribution in [2.45, 2.75) is 19.4 Å². The average molecular weight is 381 g/mol. The zero-order valence-electron chi connectivity index (χ0n) is 14.8. The van der Waals surface area contributed by atoms with Gasteiger partial charge in [0.15, 0.2) is 6.10 Å². The van der Waals surface area contributed by atoms with Gasteiger partial charge in [0.25, 0.3) is 5.91 Å². The first-order valence-electron chi connectivity index (χ1n) is 8.44. The smallest absolute Gasteiger partial charge is 0.311 e. The lowest BCUT2D eigenvalue weighted by atomic mass is 10.2. The van der Waals surface area contributed by atoms with Gasteiger partial charge in [-0.2, -0.15) is 11.3 Å². The zero-order chi connectivity index (χ0) is 19.1. The lowest BCUT2D eigenvalue weighted by Crippen LogP contribution is -2.30. The quantitative estimate of drug-likeness (QED) is 0.605. The van der Waals surface area contributed by atoms with E-state index in [0.29, 0.717) is 11.4 Å². The maximum Gasteiger partial charge on any atom is 0.311 e. The molecular weight excluding hydrogens is 362 g/mol. The Kier molecular flexibility index (Phi) is 6.22. The van der Waals surface area contributed by atoms with Gasteiger partial charge in [0.05, 0.1) is 6.42 Å². The molecule has 0 saturated carbocycles. The van der Waals surface area contributed by atoms with Gasteiger partial charge in [-0.05, 0) is 65.7 Å². The van der Waals surface area contributed by atoms with Crippen LogP contribution in [0.4, 0.5) is 5.69 Å². The Morgan fingerprint density at radius 1 is 1.00 bits per heavy atom. The Morgan fingerprint density at radius 2 is 1.70 bits per heavy atom. The van der Waals surface area contributed by atoms with Crippen molar-refractivity contribution in [3.63, 3.8) is 0 Å². The van der Waals surface area contributed by atoms with Crippen LogP contribution in [0.1, 0.15) is 12.5 Å². The van der Waals surface area contributed by atoms with Gasteiger partial charge in [-0.25, -0.2) is 0 Å². The normalized spacial score (nSPS) is 11.4. The number of thiophene rings is 1. The number of carbonyl (C=O) groups is 2. The molecule has 1 atom stereocenters. The number of para-hydroxylation sites is 1. The van der Waals surface area contributed by atoms with Crippen LogP contribution in [0.3, 0.4) is 0 Å². The van der Waals surface area contributed by atoms with Gasteiger partial charge in [-0.15, -0.1) is 0 Å². The van der Waals surface area contributed by atoms with Crippen molar-refractivity contribution in [1.29, 1.82) is 0 Å². The molecule has 5 nitrogen and oxygen atoms in total. The molecule has 3 rings (SSSR count). The molecule has 0 aliphatic rings. The van der Waals surface area contributed by atoms with E-state index in [0.717, 1.165) is 11.3 Å². The molecule has 0 spiro atoms. The minimum Gasteiger partial charge on any atom is -0.457 e. The third-order valence-corrected chi connectivity index (χ3v) is 4.44. The number of amides is 1. The number of benzene rings is 2. The van der Waals surface area contributed by atoms with Crippen LogP contribution < -0.4 is 10.1 Å². The lowest BCUT2D eigenvalue weighted by molar-refractivity contribution is -0.152. The summed E-state index contributed by atoms with van der Waals surface area (Å²) < 4.78 is 10.9. The third kappa shape index (κ3) is 5.69. The third-order valence-electron chi connectivity index (χ3n) is 3.71. The van der Waals surface area contributed by atoms with Crippen LogP contribution in [0.25, 0.3) is 0 Å². The number of esters is 1. The minimum absolute atomic E-state index is 0.159. The molecule has 138 valence electrons. The maximum atomic E-state index is 12.2. The highest BCUT2D eigenvalue weighted by Gasteiger charge is 2.18. The van der Waals surface area contributed by atoms with Gasteiger partial charge in [0.2, 0.25) is 0 Å². The molecule has 0 bridgehead atoms. The number of nitrogens with one attached hydrogen (secondary N) is 1. The van der Waals surface area contributed by atoms with Crippen molar-refractivity contribution in [2.24, 2.45) is 0 Å². The Balaban J connectivity index is 1.50. The Morgan fingerprint density at radius 3 is 2.37 bits per heavy atom. The van der Waals surface area contributed by atoms with Crippen LogP contribution in [0, 0.1) is 0 Å². The summed E-state index contributed by atoms with van der Waals surface area (Å²) in [6, 6.07) is 18.3. The summed E-state index contributed by atoms with van der Waals surface area (Å²) in [6.45, 7) is 1.55. The molecular formula is C21H19NO4S. The number of anilines is 1. The molecule has 0 fully saturated rings. The highest BCUT2D eigenvalue weighted by Crippen LogP contribution is 2.22.